The number of esters is 1. The first-order valence-electron chi connectivity index (χ1n) is 11.0. The first kappa shape index (κ1) is 20.0. The Morgan fingerprint density at radius 2 is 1.97 bits per heavy atom. The molecule has 5 aliphatic rings. The smallest absolute Gasteiger partial charge is 0.303 e. The van der Waals surface area contributed by atoms with E-state index in [1.807, 2.05) is 13.8 Å². The molecule has 5 rings (SSSR count). The van der Waals surface area contributed by atoms with Crippen molar-refractivity contribution in [3.05, 3.63) is 11.6 Å². The Morgan fingerprint density at radius 1 is 1.28 bits per heavy atom. The molecule has 0 amide bonds. The Labute approximate surface area is 172 Å². The molecular formula is C23H34O6. The molecule has 162 valence electrons. The van der Waals surface area contributed by atoms with Gasteiger partial charge in [0.2, 0.25) is 0 Å². The summed E-state index contributed by atoms with van der Waals surface area (Å²) >= 11 is 0. The predicted octanol–water partition coefficient (Wildman–Crippen LogP) is 2.21. The summed E-state index contributed by atoms with van der Waals surface area (Å²) in [6.07, 6.45) is 2.26. The van der Waals surface area contributed by atoms with Gasteiger partial charge in [0.25, 0.3) is 0 Å². The largest absolute Gasteiger partial charge is 0.459 e. The SMILES string of the molecule is CO[C@@H]1[C@H]2[C@@H](C)[C@]34CC[C@H]5C(C)=C[C@]3(C[C@@H](OC(C)=O)[C@]2(O4)C(C)(C)[C@H]1O)[C@@H]5O. The van der Waals surface area contributed by atoms with E-state index in [0.717, 1.165) is 12.8 Å². The van der Waals surface area contributed by atoms with Crippen molar-refractivity contribution in [3.8, 4) is 0 Å². The first-order valence-corrected chi connectivity index (χ1v) is 11.0. The van der Waals surface area contributed by atoms with Gasteiger partial charge in [-0.15, -0.1) is 0 Å². The standard InChI is InChI=1S/C23H34O6/c1-11-9-21-10-15(28-13(3)24)23-16(17(27-6)19(26)20(23,4)5)12(2)22(21,29-23)8-7-14(11)18(21)25/h9,12,14-19,25-26H,7-8,10H2,1-6H3/t12-,14+,15-,16-,17-,18-,19+,21+,22-,23-/m1/s1. The lowest BCUT2D eigenvalue weighted by atomic mass is 9.55. The minimum Gasteiger partial charge on any atom is -0.459 e. The summed E-state index contributed by atoms with van der Waals surface area (Å²) in [5, 5.41) is 22.7. The molecule has 0 unspecified atom stereocenters. The Kier molecular flexibility index (Phi) is 3.89. The normalized spacial score (nSPS) is 56.6. The third-order valence-electron chi connectivity index (χ3n) is 9.71. The van der Waals surface area contributed by atoms with Crippen molar-refractivity contribution in [2.75, 3.05) is 7.11 Å². The molecule has 2 saturated carbocycles. The zero-order chi connectivity index (χ0) is 21.1. The molecule has 2 heterocycles. The molecular weight excluding hydrogens is 372 g/mol. The zero-order valence-electron chi connectivity index (χ0n) is 18.3. The Balaban J connectivity index is 1.76. The van der Waals surface area contributed by atoms with Gasteiger partial charge in [-0.3, -0.25) is 4.79 Å². The molecule has 0 aromatic heterocycles. The maximum absolute atomic E-state index is 12.2. The second kappa shape index (κ2) is 5.64. The summed E-state index contributed by atoms with van der Waals surface area (Å²) in [5.41, 5.74) is -1.43. The highest BCUT2D eigenvalue weighted by Crippen LogP contribution is 2.76. The van der Waals surface area contributed by atoms with Crippen molar-refractivity contribution < 1.29 is 29.2 Å². The number of carbonyl (C=O) groups is 1. The van der Waals surface area contributed by atoms with Crippen LogP contribution in [0.5, 0.6) is 0 Å². The molecule has 10 atom stereocenters. The Morgan fingerprint density at radius 3 is 2.59 bits per heavy atom. The van der Waals surface area contributed by atoms with Crippen LogP contribution in [0, 0.1) is 28.6 Å². The number of aliphatic hydroxyl groups is 2. The van der Waals surface area contributed by atoms with Crippen LogP contribution in [0.1, 0.15) is 53.9 Å². The molecule has 4 fully saturated rings. The maximum atomic E-state index is 12.2. The lowest BCUT2D eigenvalue weighted by molar-refractivity contribution is -0.310. The fourth-order valence-electron chi connectivity index (χ4n) is 8.53. The summed E-state index contributed by atoms with van der Waals surface area (Å²) < 4.78 is 19.0. The van der Waals surface area contributed by atoms with E-state index in [4.69, 9.17) is 14.2 Å². The van der Waals surface area contributed by atoms with Crippen molar-refractivity contribution in [2.24, 2.45) is 28.6 Å². The summed E-state index contributed by atoms with van der Waals surface area (Å²) in [6.45, 7) is 9.70. The number of fused-ring (bicyclic) bond motifs is 1. The fraction of sp³-hybridized carbons (Fsp3) is 0.870. The zero-order valence-corrected chi connectivity index (χ0v) is 18.3. The van der Waals surface area contributed by atoms with Crippen LogP contribution in [0.2, 0.25) is 0 Å². The molecule has 0 aromatic carbocycles. The van der Waals surface area contributed by atoms with Crippen molar-refractivity contribution in [1.82, 2.24) is 0 Å². The summed E-state index contributed by atoms with van der Waals surface area (Å²) in [4.78, 5) is 12.2. The third kappa shape index (κ3) is 1.88. The quantitative estimate of drug-likeness (QED) is 0.540. The average Bonchev–Trinajstić information content (AvgIpc) is 3.03. The highest BCUT2D eigenvalue weighted by atomic mass is 16.6. The second-order valence-electron chi connectivity index (χ2n) is 10.8. The lowest BCUT2D eigenvalue weighted by Crippen LogP contribution is -2.69. The third-order valence-corrected chi connectivity index (χ3v) is 9.71. The van der Waals surface area contributed by atoms with Gasteiger partial charge in [0.1, 0.15) is 11.7 Å². The van der Waals surface area contributed by atoms with E-state index >= 15 is 0 Å². The summed E-state index contributed by atoms with van der Waals surface area (Å²) in [7, 11) is 1.64. The van der Waals surface area contributed by atoms with Crippen LogP contribution >= 0.6 is 0 Å². The van der Waals surface area contributed by atoms with Crippen LogP contribution in [-0.2, 0) is 19.0 Å². The van der Waals surface area contributed by atoms with Crippen molar-refractivity contribution in [2.45, 2.75) is 89.5 Å². The highest BCUT2D eigenvalue weighted by Gasteiger charge is 2.85. The number of ether oxygens (including phenoxy) is 3. The Hall–Kier alpha value is -0.950. The molecule has 6 heteroatoms. The number of carbonyl (C=O) groups excluding carboxylic acids is 1. The van der Waals surface area contributed by atoms with E-state index in [1.165, 1.54) is 12.5 Å². The predicted molar refractivity (Wildman–Crippen MR) is 105 cm³/mol. The molecule has 2 aliphatic heterocycles. The van der Waals surface area contributed by atoms with Gasteiger partial charge in [0.15, 0.2) is 0 Å². The van der Waals surface area contributed by atoms with E-state index in [2.05, 4.69) is 19.9 Å². The number of rotatable bonds is 2. The van der Waals surface area contributed by atoms with E-state index < -0.39 is 46.4 Å². The van der Waals surface area contributed by atoms with Gasteiger partial charge in [0, 0.05) is 43.1 Å². The van der Waals surface area contributed by atoms with E-state index in [9.17, 15) is 15.0 Å². The van der Waals surface area contributed by atoms with Gasteiger partial charge in [-0.2, -0.15) is 0 Å². The fourth-order valence-corrected chi connectivity index (χ4v) is 8.53. The number of aliphatic hydroxyl groups excluding tert-OH is 2. The van der Waals surface area contributed by atoms with Crippen LogP contribution in [-0.4, -0.2) is 58.9 Å². The molecule has 0 radical (unpaired) electrons. The lowest BCUT2D eigenvalue weighted by Gasteiger charge is -2.61. The molecule has 4 bridgehead atoms. The summed E-state index contributed by atoms with van der Waals surface area (Å²) in [5.74, 6) is -0.302. The average molecular weight is 407 g/mol. The van der Waals surface area contributed by atoms with Gasteiger partial charge < -0.3 is 24.4 Å². The molecule has 2 saturated heterocycles. The van der Waals surface area contributed by atoms with Crippen molar-refractivity contribution in [3.63, 3.8) is 0 Å². The number of methoxy groups -OCH3 is 1. The Bertz CT molecular complexity index is 790. The molecule has 0 aromatic rings. The van der Waals surface area contributed by atoms with Crippen LogP contribution in [0.15, 0.2) is 11.6 Å². The van der Waals surface area contributed by atoms with Gasteiger partial charge in [0.05, 0.1) is 23.9 Å². The number of hydrogen-bond donors (Lipinski definition) is 2. The highest BCUT2D eigenvalue weighted by molar-refractivity contribution is 5.66. The van der Waals surface area contributed by atoms with Gasteiger partial charge in [-0.25, -0.2) is 0 Å². The van der Waals surface area contributed by atoms with Crippen LogP contribution in [0.4, 0.5) is 0 Å². The molecule has 3 spiro atoms. The van der Waals surface area contributed by atoms with Gasteiger partial charge in [-0.1, -0.05) is 32.4 Å². The van der Waals surface area contributed by atoms with Gasteiger partial charge >= 0.3 is 5.97 Å². The monoisotopic (exact) mass is 406 g/mol. The molecule has 29 heavy (non-hydrogen) atoms. The second-order valence-corrected chi connectivity index (χ2v) is 10.8. The van der Waals surface area contributed by atoms with E-state index in [0.29, 0.717) is 6.42 Å². The van der Waals surface area contributed by atoms with Crippen LogP contribution in [0.3, 0.4) is 0 Å². The first-order chi connectivity index (χ1) is 13.5. The van der Waals surface area contributed by atoms with Crippen molar-refractivity contribution >= 4 is 5.97 Å². The molecule has 3 aliphatic carbocycles. The molecule has 2 N–H and O–H groups in total. The topological polar surface area (TPSA) is 85.2 Å². The number of hydrogen-bond acceptors (Lipinski definition) is 6. The maximum Gasteiger partial charge on any atom is 0.303 e. The van der Waals surface area contributed by atoms with E-state index in [-0.39, 0.29) is 23.7 Å². The summed E-state index contributed by atoms with van der Waals surface area (Å²) in [6, 6.07) is 0. The van der Waals surface area contributed by atoms with E-state index in [1.54, 1.807) is 7.11 Å². The van der Waals surface area contributed by atoms with Gasteiger partial charge in [-0.05, 0) is 25.7 Å². The minimum atomic E-state index is -0.847. The van der Waals surface area contributed by atoms with Crippen molar-refractivity contribution in [1.29, 1.82) is 0 Å². The minimum absolute atomic E-state index is 0.0437. The van der Waals surface area contributed by atoms with Crippen LogP contribution < -0.4 is 0 Å². The van der Waals surface area contributed by atoms with Crippen LogP contribution in [0.25, 0.3) is 0 Å². The molecule has 6 nitrogen and oxygen atoms in total.